The molecule has 2 heterocycles. The maximum absolute atomic E-state index is 9.70. The Hall–Kier alpha value is -1.40. The lowest BCUT2D eigenvalue weighted by atomic mass is 10.2. The van der Waals surface area contributed by atoms with E-state index in [1.54, 1.807) is 11.3 Å². The van der Waals surface area contributed by atoms with E-state index in [-0.39, 0.29) is 6.10 Å². The summed E-state index contributed by atoms with van der Waals surface area (Å²) in [6.45, 7) is 7.41. The third-order valence-corrected chi connectivity index (χ3v) is 4.28. The molecule has 20 heavy (non-hydrogen) atoms. The van der Waals surface area contributed by atoms with E-state index in [9.17, 15) is 5.11 Å². The van der Waals surface area contributed by atoms with Crippen molar-refractivity contribution in [1.29, 1.82) is 0 Å². The number of fused-ring (bicyclic) bond motifs is 1. The van der Waals surface area contributed by atoms with Crippen LogP contribution in [-0.4, -0.2) is 34.3 Å². The minimum atomic E-state index is -0.355. The first-order chi connectivity index (χ1) is 9.67. The Labute approximate surface area is 123 Å². The number of nitrogens with one attached hydrogen (secondary N) is 2. The lowest BCUT2D eigenvalue weighted by Crippen LogP contribution is -2.19. The fourth-order valence-corrected chi connectivity index (χ4v) is 2.84. The van der Waals surface area contributed by atoms with E-state index in [1.165, 1.54) is 4.88 Å². The summed E-state index contributed by atoms with van der Waals surface area (Å²) < 4.78 is 0. The second kappa shape index (κ2) is 6.85. The fourth-order valence-electron chi connectivity index (χ4n) is 1.88. The van der Waals surface area contributed by atoms with Crippen molar-refractivity contribution in [2.75, 3.05) is 23.7 Å². The zero-order valence-corrected chi connectivity index (χ0v) is 13.0. The van der Waals surface area contributed by atoms with Crippen LogP contribution in [0.25, 0.3) is 10.2 Å². The maximum atomic E-state index is 9.70. The molecule has 0 saturated carbocycles. The van der Waals surface area contributed by atoms with Crippen molar-refractivity contribution in [1.82, 2.24) is 9.97 Å². The number of aliphatic hydroxyl groups excluding tert-OH is 1. The quantitative estimate of drug-likeness (QED) is 0.732. The number of hydrogen-bond donors (Lipinski definition) is 3. The second-order valence-corrected chi connectivity index (χ2v) is 5.77. The summed E-state index contributed by atoms with van der Waals surface area (Å²) >= 11 is 1.70. The van der Waals surface area contributed by atoms with Crippen LogP contribution in [0, 0.1) is 0 Å². The van der Waals surface area contributed by atoms with Crippen molar-refractivity contribution < 1.29 is 5.11 Å². The number of aliphatic hydroxyl groups is 1. The van der Waals surface area contributed by atoms with Crippen LogP contribution in [0.3, 0.4) is 0 Å². The molecule has 0 aliphatic heterocycles. The first-order valence-corrected chi connectivity index (χ1v) is 7.95. The van der Waals surface area contributed by atoms with Crippen molar-refractivity contribution in [2.45, 2.75) is 39.7 Å². The van der Waals surface area contributed by atoms with Crippen molar-refractivity contribution >= 4 is 33.3 Å². The van der Waals surface area contributed by atoms with Crippen LogP contribution in [0.1, 0.15) is 32.1 Å². The molecule has 6 heteroatoms. The topological polar surface area (TPSA) is 70.1 Å². The molecule has 0 bridgehead atoms. The first kappa shape index (κ1) is 15.0. The number of nitrogens with zero attached hydrogens (tertiary/aromatic N) is 2. The van der Waals surface area contributed by atoms with E-state index in [1.807, 2.05) is 13.8 Å². The summed E-state index contributed by atoms with van der Waals surface area (Å²) in [6, 6.07) is 2.14. The molecular weight excluding hydrogens is 272 g/mol. The molecule has 2 rings (SSSR count). The van der Waals surface area contributed by atoms with Gasteiger partial charge in [-0.2, -0.15) is 4.98 Å². The largest absolute Gasteiger partial charge is 0.391 e. The minimum Gasteiger partial charge on any atom is -0.391 e. The lowest BCUT2D eigenvalue weighted by molar-refractivity contribution is 0.183. The van der Waals surface area contributed by atoms with Crippen molar-refractivity contribution in [3.8, 4) is 0 Å². The summed E-state index contributed by atoms with van der Waals surface area (Å²) in [6.07, 6.45) is 1.37. The van der Waals surface area contributed by atoms with Crippen LogP contribution >= 0.6 is 11.3 Å². The third-order valence-electron chi connectivity index (χ3n) is 3.10. The molecule has 2 aromatic heterocycles. The van der Waals surface area contributed by atoms with Gasteiger partial charge in [-0.25, -0.2) is 4.98 Å². The monoisotopic (exact) mass is 294 g/mol. The summed E-state index contributed by atoms with van der Waals surface area (Å²) in [4.78, 5) is 11.3. The van der Waals surface area contributed by atoms with Gasteiger partial charge < -0.3 is 15.7 Å². The summed E-state index contributed by atoms with van der Waals surface area (Å²) in [5.41, 5.74) is 0. The Morgan fingerprint density at radius 3 is 2.70 bits per heavy atom. The summed E-state index contributed by atoms with van der Waals surface area (Å²) in [5, 5.41) is 17.1. The molecule has 0 aliphatic carbocycles. The Morgan fingerprint density at radius 1 is 1.25 bits per heavy atom. The predicted octanol–water partition coefficient (Wildman–Crippen LogP) is 2.87. The SMILES string of the molecule is CCNc1nc(NCC(O)CC)c2cc(CC)sc2n1. The Bertz CT molecular complexity index is 570. The van der Waals surface area contributed by atoms with Crippen LogP contribution in [-0.2, 0) is 6.42 Å². The normalized spacial score (nSPS) is 12.6. The maximum Gasteiger partial charge on any atom is 0.226 e. The Morgan fingerprint density at radius 2 is 2.05 bits per heavy atom. The van der Waals surface area contributed by atoms with Gasteiger partial charge in [0, 0.05) is 18.0 Å². The highest BCUT2D eigenvalue weighted by molar-refractivity contribution is 7.18. The number of aryl methyl sites for hydroxylation is 1. The second-order valence-electron chi connectivity index (χ2n) is 4.65. The van der Waals surface area contributed by atoms with Crippen molar-refractivity contribution in [3.05, 3.63) is 10.9 Å². The molecule has 1 atom stereocenters. The summed E-state index contributed by atoms with van der Waals surface area (Å²) in [5.74, 6) is 1.44. The van der Waals surface area contributed by atoms with Crippen LogP contribution < -0.4 is 10.6 Å². The molecule has 0 radical (unpaired) electrons. The van der Waals surface area contributed by atoms with Gasteiger partial charge in [0.15, 0.2) is 0 Å². The van der Waals surface area contributed by atoms with Crippen LogP contribution in [0.4, 0.5) is 11.8 Å². The first-order valence-electron chi connectivity index (χ1n) is 7.14. The Balaban J connectivity index is 2.34. The number of hydrogen-bond acceptors (Lipinski definition) is 6. The highest BCUT2D eigenvalue weighted by atomic mass is 32.1. The highest BCUT2D eigenvalue weighted by Crippen LogP contribution is 2.30. The molecule has 5 nitrogen and oxygen atoms in total. The molecule has 0 spiro atoms. The van der Waals surface area contributed by atoms with Gasteiger partial charge in [0.2, 0.25) is 5.95 Å². The molecule has 110 valence electrons. The highest BCUT2D eigenvalue weighted by Gasteiger charge is 2.12. The van der Waals surface area contributed by atoms with Crippen LogP contribution in [0.5, 0.6) is 0 Å². The van der Waals surface area contributed by atoms with Crippen molar-refractivity contribution in [2.24, 2.45) is 0 Å². The third kappa shape index (κ3) is 3.37. The van der Waals surface area contributed by atoms with E-state index >= 15 is 0 Å². The predicted molar refractivity (Wildman–Crippen MR) is 85.7 cm³/mol. The average molecular weight is 294 g/mol. The molecule has 0 fully saturated rings. The number of thiophene rings is 1. The van der Waals surface area contributed by atoms with E-state index in [0.29, 0.717) is 12.5 Å². The van der Waals surface area contributed by atoms with Crippen LogP contribution in [0.15, 0.2) is 6.07 Å². The van der Waals surface area contributed by atoms with Crippen molar-refractivity contribution in [3.63, 3.8) is 0 Å². The van der Waals surface area contributed by atoms with Gasteiger partial charge in [0.1, 0.15) is 10.6 Å². The molecule has 0 amide bonds. The number of aromatic nitrogens is 2. The van der Waals surface area contributed by atoms with E-state index in [2.05, 4.69) is 33.6 Å². The molecule has 0 saturated heterocycles. The zero-order valence-electron chi connectivity index (χ0n) is 12.2. The molecule has 3 N–H and O–H groups in total. The lowest BCUT2D eigenvalue weighted by Gasteiger charge is -2.12. The number of anilines is 2. The average Bonchev–Trinajstić information content (AvgIpc) is 2.87. The van der Waals surface area contributed by atoms with Gasteiger partial charge in [0.05, 0.1) is 11.5 Å². The smallest absolute Gasteiger partial charge is 0.226 e. The number of rotatable bonds is 7. The van der Waals surface area contributed by atoms with Gasteiger partial charge in [-0.1, -0.05) is 13.8 Å². The van der Waals surface area contributed by atoms with Gasteiger partial charge in [-0.05, 0) is 25.8 Å². The minimum absolute atomic E-state index is 0.355. The fraction of sp³-hybridized carbons (Fsp3) is 0.571. The van der Waals surface area contributed by atoms with Crippen LogP contribution in [0.2, 0.25) is 0 Å². The molecule has 2 aromatic rings. The van der Waals surface area contributed by atoms with E-state index in [0.717, 1.165) is 35.4 Å². The standard InChI is InChI=1S/C14H22N4OS/c1-4-9(19)8-16-12-11-7-10(5-2)20-13(11)18-14(17-12)15-6-3/h7,9,19H,4-6,8H2,1-3H3,(H2,15,16,17,18). The van der Waals surface area contributed by atoms with Gasteiger partial charge in [-0.3, -0.25) is 0 Å². The van der Waals surface area contributed by atoms with E-state index in [4.69, 9.17) is 0 Å². The van der Waals surface area contributed by atoms with Gasteiger partial charge in [0.25, 0.3) is 0 Å². The summed E-state index contributed by atoms with van der Waals surface area (Å²) in [7, 11) is 0. The Kier molecular flexibility index (Phi) is 5.14. The van der Waals surface area contributed by atoms with E-state index < -0.39 is 0 Å². The van der Waals surface area contributed by atoms with Gasteiger partial charge >= 0.3 is 0 Å². The molecule has 0 aromatic carbocycles. The molecule has 0 aliphatic rings. The zero-order chi connectivity index (χ0) is 14.5. The molecular formula is C14H22N4OS. The molecule has 1 unspecified atom stereocenters. The van der Waals surface area contributed by atoms with Gasteiger partial charge in [-0.15, -0.1) is 11.3 Å².